The van der Waals surface area contributed by atoms with E-state index < -0.39 is 34.8 Å². The predicted octanol–water partition coefficient (Wildman–Crippen LogP) is 1.86. The second-order valence-electron chi connectivity index (χ2n) is 12.2. The van der Waals surface area contributed by atoms with Crippen molar-refractivity contribution in [2.75, 3.05) is 32.0 Å². The summed E-state index contributed by atoms with van der Waals surface area (Å²) in [6, 6.07) is 13.8. The fourth-order valence-electron chi connectivity index (χ4n) is 4.95. The molecule has 2 aliphatic rings. The molecule has 9 N–H and O–H groups in total. The number of anilines is 1. The van der Waals surface area contributed by atoms with Crippen LogP contribution in [-0.2, 0) is 30.3 Å². The lowest BCUT2D eigenvalue weighted by atomic mass is 9.96. The topological polar surface area (TPSA) is 237 Å². The third-order valence-electron chi connectivity index (χ3n) is 7.88. The standard InChI is InChI=1S/C16H18N2O4S.C13H20N2O2.C5H11NO2.H2O/c1-16(2)12(15(21)22)18-13(20)11(14(18)23-16)17-10(19)8-9-6-4-3-5-7-9;1-3-15(4-2)9-10-17-13(16)11-5-7-12(14)8-6-11;1-3(2)4(6)5(7)8;/h3-7,11-12,14H,8H2,1-2H3,(H,17,19)(H,21,22);5-8H,3-4,9-10,14H2,1-2H3;3-4H,6H2,1-2H3,(H,7,8);1H2/t11-,12+,14-;;4-;/m1.0./s1. The number of aliphatic carboxylic acids is 2. The molecule has 0 aliphatic carbocycles. The van der Waals surface area contributed by atoms with Crippen LogP contribution < -0.4 is 16.8 Å². The molecule has 2 heterocycles. The number of β-lactam (4-membered cyclic amide) rings is 1. The number of amides is 2. The summed E-state index contributed by atoms with van der Waals surface area (Å²) in [5.41, 5.74) is 12.8. The molecule has 2 aromatic carbocycles. The lowest BCUT2D eigenvalue weighted by molar-refractivity contribution is -0.161. The number of hydrogen-bond donors (Lipinski definition) is 5. The largest absolute Gasteiger partial charge is 0.480 e. The number of hydrogen-bond acceptors (Lipinski definition) is 10. The number of thioether (sulfide) groups is 1. The number of nitrogens with zero attached hydrogens (tertiary/aromatic N) is 2. The van der Waals surface area contributed by atoms with Crippen molar-refractivity contribution >= 4 is 47.2 Å². The first-order valence-electron chi connectivity index (χ1n) is 15.8. The van der Waals surface area contributed by atoms with Gasteiger partial charge in [0.25, 0.3) is 0 Å². The highest BCUT2D eigenvalue weighted by molar-refractivity contribution is 8.01. The summed E-state index contributed by atoms with van der Waals surface area (Å²) < 4.78 is 4.60. The molecule has 0 spiro atoms. The zero-order valence-corrected chi connectivity index (χ0v) is 29.7. The molecule has 2 saturated heterocycles. The molecule has 15 heteroatoms. The first kappa shape index (κ1) is 42.8. The molecule has 2 aromatic rings. The number of carboxylic acid groups (broad SMARTS) is 2. The second kappa shape index (κ2) is 19.7. The van der Waals surface area contributed by atoms with Crippen LogP contribution in [0.2, 0.25) is 0 Å². The van der Waals surface area contributed by atoms with E-state index in [2.05, 4.69) is 24.1 Å². The normalized spacial score (nSPS) is 19.1. The van der Waals surface area contributed by atoms with Gasteiger partial charge in [-0.15, -0.1) is 11.8 Å². The monoisotopic (exact) mass is 705 g/mol. The summed E-state index contributed by atoms with van der Waals surface area (Å²) in [7, 11) is 0. The lowest BCUT2D eigenvalue weighted by Gasteiger charge is -2.43. The van der Waals surface area contributed by atoms with Gasteiger partial charge in [-0.1, -0.05) is 58.0 Å². The molecule has 14 nitrogen and oxygen atoms in total. The average molecular weight is 706 g/mol. The van der Waals surface area contributed by atoms with E-state index in [4.69, 9.17) is 21.3 Å². The van der Waals surface area contributed by atoms with Crippen LogP contribution in [-0.4, -0.2) is 110 Å². The number of nitrogens with one attached hydrogen (secondary N) is 1. The summed E-state index contributed by atoms with van der Waals surface area (Å²) in [4.78, 5) is 61.0. The molecule has 272 valence electrons. The van der Waals surface area contributed by atoms with Crippen molar-refractivity contribution in [2.45, 2.75) is 76.2 Å². The second-order valence-corrected chi connectivity index (χ2v) is 14.0. The minimum absolute atomic E-state index is 0. The maximum absolute atomic E-state index is 12.3. The van der Waals surface area contributed by atoms with Crippen LogP contribution in [0.25, 0.3) is 0 Å². The zero-order valence-electron chi connectivity index (χ0n) is 28.9. The summed E-state index contributed by atoms with van der Waals surface area (Å²) >= 11 is 1.42. The maximum atomic E-state index is 12.3. The van der Waals surface area contributed by atoms with Gasteiger partial charge in [-0.05, 0) is 62.7 Å². The molecule has 2 amide bonds. The Morgan fingerprint density at radius 2 is 1.59 bits per heavy atom. The number of ether oxygens (including phenoxy) is 1. The van der Waals surface area contributed by atoms with Crippen molar-refractivity contribution in [3.05, 3.63) is 65.7 Å². The van der Waals surface area contributed by atoms with Crippen molar-refractivity contribution in [1.82, 2.24) is 15.1 Å². The molecule has 0 bridgehead atoms. The van der Waals surface area contributed by atoms with Gasteiger partial charge in [0.1, 0.15) is 30.1 Å². The van der Waals surface area contributed by atoms with Gasteiger partial charge >= 0.3 is 17.9 Å². The van der Waals surface area contributed by atoms with Crippen molar-refractivity contribution in [2.24, 2.45) is 11.7 Å². The van der Waals surface area contributed by atoms with Crippen LogP contribution in [0.4, 0.5) is 5.69 Å². The number of carboxylic acids is 2. The van der Waals surface area contributed by atoms with Crippen molar-refractivity contribution in [1.29, 1.82) is 0 Å². The molecule has 4 atom stereocenters. The SMILES string of the molecule is CC(C)[C@H](N)C(=O)O.CC1(C)S[C@@H]2[C@H](NC(=O)Cc3ccccc3)C(=O)N2[C@H]1C(=O)O.CCN(CC)CCOC(=O)c1ccc(N)cc1.O. The number of carbonyl (C=O) groups is 5. The fraction of sp³-hybridized carbons (Fsp3) is 0.500. The Kier molecular flexibility index (Phi) is 17.2. The molecule has 4 rings (SSSR count). The van der Waals surface area contributed by atoms with Gasteiger partial charge in [0.2, 0.25) is 11.8 Å². The number of carbonyl (C=O) groups excluding carboxylic acids is 3. The minimum Gasteiger partial charge on any atom is -0.480 e. The predicted molar refractivity (Wildman–Crippen MR) is 189 cm³/mol. The van der Waals surface area contributed by atoms with Crippen molar-refractivity contribution < 1.29 is 44.4 Å². The van der Waals surface area contributed by atoms with Crippen LogP contribution in [0.1, 0.15) is 57.5 Å². The molecule has 0 saturated carbocycles. The molecule has 0 radical (unpaired) electrons. The van der Waals surface area contributed by atoms with E-state index in [1.165, 1.54) is 16.7 Å². The van der Waals surface area contributed by atoms with Gasteiger partial charge in [-0.2, -0.15) is 0 Å². The van der Waals surface area contributed by atoms with Crippen molar-refractivity contribution in [3.8, 4) is 0 Å². The van der Waals surface area contributed by atoms with Gasteiger partial charge in [-0.25, -0.2) is 9.59 Å². The third-order valence-corrected chi connectivity index (χ3v) is 9.46. The van der Waals surface area contributed by atoms with Crippen LogP contribution in [0.5, 0.6) is 0 Å². The van der Waals surface area contributed by atoms with Gasteiger partial charge < -0.3 is 47.0 Å². The summed E-state index contributed by atoms with van der Waals surface area (Å²) in [5, 5.41) is 20.0. The Labute approximate surface area is 291 Å². The highest BCUT2D eigenvalue weighted by Gasteiger charge is 2.64. The first-order valence-corrected chi connectivity index (χ1v) is 16.7. The molecule has 0 unspecified atom stereocenters. The van der Waals surface area contributed by atoms with E-state index in [1.807, 2.05) is 44.2 Å². The van der Waals surface area contributed by atoms with Gasteiger partial charge in [0, 0.05) is 17.0 Å². The smallest absolute Gasteiger partial charge is 0.338 e. The minimum atomic E-state index is -1.01. The Bertz CT molecular complexity index is 1390. The van der Waals surface area contributed by atoms with Crippen LogP contribution in [0, 0.1) is 5.92 Å². The number of likely N-dealkylation sites (N-methyl/N-ethyl adjacent to an activating group) is 1. The number of benzene rings is 2. The highest BCUT2D eigenvalue weighted by Crippen LogP contribution is 2.50. The number of rotatable bonds is 12. The molecule has 2 aliphatic heterocycles. The summed E-state index contributed by atoms with van der Waals surface area (Å²) in [6.07, 6.45) is 0.202. The third kappa shape index (κ3) is 12.3. The molecule has 2 fully saturated rings. The van der Waals surface area contributed by atoms with E-state index in [0.717, 1.165) is 25.2 Å². The van der Waals surface area contributed by atoms with Crippen molar-refractivity contribution in [3.63, 3.8) is 0 Å². The first-order chi connectivity index (χ1) is 22.5. The van der Waals surface area contributed by atoms with Gasteiger partial charge in [-0.3, -0.25) is 14.4 Å². The Hall–Kier alpha value is -4.18. The van der Waals surface area contributed by atoms with Gasteiger partial charge in [0.05, 0.1) is 12.0 Å². The average Bonchev–Trinajstić information content (AvgIpc) is 3.30. The fourth-order valence-corrected chi connectivity index (χ4v) is 6.57. The van der Waals surface area contributed by atoms with Crippen LogP contribution in [0.15, 0.2) is 54.6 Å². The van der Waals surface area contributed by atoms with E-state index in [0.29, 0.717) is 17.9 Å². The summed E-state index contributed by atoms with van der Waals surface area (Å²) in [6.45, 7) is 14.5. The number of nitrogen functional groups attached to an aromatic ring is 1. The zero-order chi connectivity index (χ0) is 36.2. The maximum Gasteiger partial charge on any atom is 0.338 e. The number of esters is 1. The molecular formula is C34H51N5O9S. The molecule has 0 aromatic heterocycles. The summed E-state index contributed by atoms with van der Waals surface area (Å²) in [5.74, 6) is -2.76. The number of nitrogens with two attached hydrogens (primary N) is 2. The number of fused-ring (bicyclic) bond motifs is 1. The van der Waals surface area contributed by atoms with E-state index in [-0.39, 0.29) is 41.0 Å². The van der Waals surface area contributed by atoms with Crippen LogP contribution in [0.3, 0.4) is 0 Å². The van der Waals surface area contributed by atoms with E-state index in [1.54, 1.807) is 38.1 Å². The van der Waals surface area contributed by atoms with E-state index in [9.17, 15) is 29.1 Å². The lowest BCUT2D eigenvalue weighted by Crippen LogP contribution is -2.70. The quantitative estimate of drug-likeness (QED) is 0.121. The molecular weight excluding hydrogens is 654 g/mol. The highest BCUT2D eigenvalue weighted by atomic mass is 32.2. The Balaban J connectivity index is 0.000000408. The molecule has 49 heavy (non-hydrogen) atoms. The van der Waals surface area contributed by atoms with Crippen LogP contribution >= 0.6 is 11.8 Å². The van der Waals surface area contributed by atoms with E-state index >= 15 is 0 Å². The Morgan fingerprint density at radius 3 is 2.06 bits per heavy atom. The Morgan fingerprint density at radius 1 is 1.02 bits per heavy atom. The van der Waals surface area contributed by atoms with Gasteiger partial charge in [0.15, 0.2) is 0 Å².